The van der Waals surface area contributed by atoms with Crippen molar-refractivity contribution < 1.29 is 4.74 Å². The topological polar surface area (TPSA) is 53.2 Å². The molecule has 2 aliphatic rings. The molecule has 2 aromatic rings. The number of ether oxygens (including phenoxy) is 1. The summed E-state index contributed by atoms with van der Waals surface area (Å²) in [6.45, 7) is 2.32. The van der Waals surface area contributed by atoms with Gasteiger partial charge in [0, 0.05) is 23.2 Å². The molecule has 4 rings (SSSR count). The molecule has 29 heavy (non-hydrogen) atoms. The van der Waals surface area contributed by atoms with Crippen molar-refractivity contribution in [2.75, 3.05) is 7.11 Å². The standard InChI is InChI=1S/C25H33N3O/c1-18-10-8-6-4-3-5-7-9-11-19-12-13-20(26-19)16-24-25(29-2)17-23(28-24)22-15-14-21(18)27-22/h12-18,26-27H,3-11H2,1-2H3/b24-16-. The van der Waals surface area contributed by atoms with Crippen LogP contribution in [0.1, 0.15) is 87.0 Å². The fourth-order valence-corrected chi connectivity index (χ4v) is 4.31. The molecular weight excluding hydrogens is 358 g/mol. The summed E-state index contributed by atoms with van der Waals surface area (Å²) in [6.07, 6.45) is 15.8. The first-order chi connectivity index (χ1) is 14.2. The highest BCUT2D eigenvalue weighted by Crippen LogP contribution is 2.27. The zero-order valence-electron chi connectivity index (χ0n) is 17.8. The molecule has 0 radical (unpaired) electrons. The normalized spacial score (nSPS) is 23.0. The fourth-order valence-electron chi connectivity index (χ4n) is 4.31. The van der Waals surface area contributed by atoms with E-state index in [9.17, 15) is 0 Å². The van der Waals surface area contributed by atoms with Crippen molar-refractivity contribution in [1.82, 2.24) is 9.97 Å². The highest BCUT2D eigenvalue weighted by atomic mass is 16.5. The third kappa shape index (κ3) is 4.92. The minimum absolute atomic E-state index is 0.551. The van der Waals surface area contributed by atoms with E-state index in [2.05, 4.69) is 47.2 Å². The van der Waals surface area contributed by atoms with Gasteiger partial charge in [-0.3, -0.25) is 0 Å². The quantitative estimate of drug-likeness (QED) is 0.573. The molecule has 0 fully saturated rings. The van der Waals surface area contributed by atoms with Crippen LogP contribution in [0.25, 0.3) is 6.08 Å². The van der Waals surface area contributed by atoms with E-state index in [1.165, 1.54) is 62.8 Å². The molecule has 1 atom stereocenters. The first-order valence-corrected chi connectivity index (χ1v) is 11.2. The molecule has 2 N–H and O–H groups in total. The molecule has 2 aromatic heterocycles. The van der Waals surface area contributed by atoms with Crippen LogP contribution in [0.5, 0.6) is 0 Å². The lowest BCUT2D eigenvalue weighted by Crippen LogP contribution is -1.98. The Morgan fingerprint density at radius 1 is 0.897 bits per heavy atom. The van der Waals surface area contributed by atoms with Gasteiger partial charge in [-0.05, 0) is 55.5 Å². The average Bonchev–Trinajstić information content (AvgIpc) is 3.45. The monoisotopic (exact) mass is 391 g/mol. The summed E-state index contributed by atoms with van der Waals surface area (Å²) >= 11 is 0. The smallest absolute Gasteiger partial charge is 0.146 e. The largest absolute Gasteiger partial charge is 0.494 e. The predicted octanol–water partition coefficient (Wildman–Crippen LogP) is 6.50. The summed E-state index contributed by atoms with van der Waals surface area (Å²) in [7, 11) is 1.71. The third-order valence-electron chi connectivity index (χ3n) is 6.14. The number of nitrogens with zero attached hydrogens (tertiary/aromatic N) is 1. The maximum absolute atomic E-state index is 5.60. The minimum atomic E-state index is 0.551. The predicted molar refractivity (Wildman–Crippen MR) is 120 cm³/mol. The van der Waals surface area contributed by atoms with Crippen LogP contribution in [-0.2, 0) is 11.2 Å². The molecule has 0 aromatic carbocycles. The Labute approximate surface area is 174 Å². The van der Waals surface area contributed by atoms with Crippen molar-refractivity contribution in [3.63, 3.8) is 0 Å². The van der Waals surface area contributed by atoms with Crippen LogP contribution < -0.4 is 0 Å². The minimum Gasteiger partial charge on any atom is -0.494 e. The molecule has 2 aliphatic heterocycles. The Bertz CT molecular complexity index is 912. The van der Waals surface area contributed by atoms with Crippen molar-refractivity contribution in [3.8, 4) is 0 Å². The molecule has 0 spiro atoms. The average molecular weight is 392 g/mol. The molecule has 1 unspecified atom stereocenters. The second-order valence-corrected chi connectivity index (χ2v) is 8.42. The van der Waals surface area contributed by atoms with Crippen LogP contribution in [0.4, 0.5) is 0 Å². The number of aromatic amines is 2. The second kappa shape index (κ2) is 9.34. The molecule has 0 aliphatic carbocycles. The van der Waals surface area contributed by atoms with Crippen molar-refractivity contribution in [3.05, 3.63) is 64.6 Å². The Morgan fingerprint density at radius 3 is 2.52 bits per heavy atom. The Hall–Kier alpha value is -2.49. The molecule has 4 nitrogen and oxygen atoms in total. The molecule has 154 valence electrons. The van der Waals surface area contributed by atoms with Crippen molar-refractivity contribution in [1.29, 1.82) is 0 Å². The molecule has 0 saturated carbocycles. The van der Waals surface area contributed by atoms with Gasteiger partial charge in [0.2, 0.25) is 0 Å². The fraction of sp³-hybridized carbons (Fsp3) is 0.480. The van der Waals surface area contributed by atoms with Gasteiger partial charge in [0.05, 0.1) is 18.5 Å². The van der Waals surface area contributed by atoms with Gasteiger partial charge in [-0.2, -0.15) is 0 Å². The van der Waals surface area contributed by atoms with Crippen molar-refractivity contribution >= 4 is 11.8 Å². The molecular formula is C25H33N3O. The lowest BCUT2D eigenvalue weighted by Gasteiger charge is -2.09. The van der Waals surface area contributed by atoms with E-state index < -0.39 is 0 Å². The SMILES string of the molecule is COC1=CC2=N/C1=C\c1ccc([nH]1)CCCCCCCCCC(C)c1ccc2[nH]1. The number of hydrogen-bond donors (Lipinski definition) is 2. The van der Waals surface area contributed by atoms with E-state index in [0.717, 1.165) is 35.0 Å². The van der Waals surface area contributed by atoms with Gasteiger partial charge in [0.25, 0.3) is 0 Å². The van der Waals surface area contributed by atoms with E-state index >= 15 is 0 Å². The van der Waals surface area contributed by atoms with Gasteiger partial charge in [0.1, 0.15) is 11.5 Å². The number of hydrogen-bond acceptors (Lipinski definition) is 2. The Morgan fingerprint density at radius 2 is 1.69 bits per heavy atom. The van der Waals surface area contributed by atoms with Crippen molar-refractivity contribution in [2.24, 2.45) is 4.99 Å². The number of methoxy groups -OCH3 is 1. The van der Waals surface area contributed by atoms with Gasteiger partial charge in [0.15, 0.2) is 0 Å². The second-order valence-electron chi connectivity index (χ2n) is 8.42. The summed E-state index contributed by atoms with van der Waals surface area (Å²) in [6, 6.07) is 8.69. The Kier molecular flexibility index (Phi) is 6.38. The van der Waals surface area contributed by atoms with Gasteiger partial charge >= 0.3 is 0 Å². The van der Waals surface area contributed by atoms with E-state index in [0.29, 0.717) is 5.92 Å². The first-order valence-electron chi connectivity index (χ1n) is 11.2. The summed E-state index contributed by atoms with van der Waals surface area (Å²) in [5.74, 6) is 1.36. The van der Waals surface area contributed by atoms with Crippen LogP contribution in [0.15, 0.2) is 46.8 Å². The summed E-state index contributed by atoms with van der Waals surface area (Å²) < 4.78 is 5.60. The maximum atomic E-state index is 5.60. The number of nitrogens with one attached hydrogen (secondary N) is 2. The van der Waals surface area contributed by atoms with Crippen LogP contribution in [0, 0.1) is 0 Å². The molecule has 4 heterocycles. The van der Waals surface area contributed by atoms with E-state index in [4.69, 9.17) is 9.73 Å². The Balaban J connectivity index is 1.60. The van der Waals surface area contributed by atoms with E-state index in [1.54, 1.807) is 7.11 Å². The number of fused-ring (bicyclic) bond motifs is 6. The number of rotatable bonds is 1. The number of aromatic nitrogens is 2. The number of aryl methyl sites for hydroxylation is 1. The van der Waals surface area contributed by atoms with Crippen LogP contribution >= 0.6 is 0 Å². The molecule has 0 amide bonds. The highest BCUT2D eigenvalue weighted by Gasteiger charge is 2.19. The number of H-pyrrole nitrogens is 2. The highest BCUT2D eigenvalue weighted by molar-refractivity contribution is 6.11. The lowest BCUT2D eigenvalue weighted by molar-refractivity contribution is 0.303. The summed E-state index contributed by atoms with van der Waals surface area (Å²) in [5, 5.41) is 0. The molecule has 0 saturated heterocycles. The third-order valence-corrected chi connectivity index (χ3v) is 6.14. The number of allylic oxidation sites excluding steroid dienone is 1. The summed E-state index contributed by atoms with van der Waals surface area (Å²) in [4.78, 5) is 12.0. The lowest BCUT2D eigenvalue weighted by atomic mass is 9.99. The van der Waals surface area contributed by atoms with E-state index in [1.807, 2.05) is 6.08 Å². The van der Waals surface area contributed by atoms with Crippen LogP contribution in [0.2, 0.25) is 0 Å². The first kappa shape index (κ1) is 19.8. The number of aliphatic imine (C=N–C) groups is 1. The molecule has 4 heteroatoms. The van der Waals surface area contributed by atoms with Gasteiger partial charge in [-0.15, -0.1) is 0 Å². The van der Waals surface area contributed by atoms with Crippen LogP contribution in [0.3, 0.4) is 0 Å². The van der Waals surface area contributed by atoms with Gasteiger partial charge in [-0.25, -0.2) is 4.99 Å². The van der Waals surface area contributed by atoms with Crippen LogP contribution in [-0.4, -0.2) is 22.8 Å². The van der Waals surface area contributed by atoms with E-state index in [-0.39, 0.29) is 0 Å². The maximum Gasteiger partial charge on any atom is 0.146 e. The van der Waals surface area contributed by atoms with Gasteiger partial charge in [-0.1, -0.05) is 45.4 Å². The molecule has 6 bridgehead atoms. The van der Waals surface area contributed by atoms with Crippen molar-refractivity contribution in [2.45, 2.75) is 70.6 Å². The zero-order valence-corrected chi connectivity index (χ0v) is 17.8. The zero-order chi connectivity index (χ0) is 20.1. The van der Waals surface area contributed by atoms with Gasteiger partial charge < -0.3 is 14.7 Å². The summed E-state index contributed by atoms with van der Waals surface area (Å²) in [5.41, 5.74) is 6.56.